The van der Waals surface area contributed by atoms with Crippen LogP contribution >= 0.6 is 0 Å². The van der Waals surface area contributed by atoms with Crippen LogP contribution in [0.25, 0.3) is 0 Å². The van der Waals surface area contributed by atoms with Crippen molar-refractivity contribution in [3.63, 3.8) is 0 Å². The lowest BCUT2D eigenvalue weighted by atomic mass is 10.2. The standard InChI is InChI=1S/C19H27N5/c1-2-20-19(23-14-16-8-9-16)22-11-10-18-21-12-13-24(18)15-17-6-4-3-5-7-17/h3-7,12-13,16H,2,8-11,14-15H2,1H3,(H2,20,22,23). The Morgan fingerprint density at radius 3 is 2.83 bits per heavy atom. The molecule has 3 rings (SSSR count). The zero-order chi connectivity index (χ0) is 16.6. The van der Waals surface area contributed by atoms with Gasteiger partial charge in [-0.2, -0.15) is 0 Å². The molecule has 1 fully saturated rings. The first kappa shape index (κ1) is 16.6. The predicted molar refractivity (Wildman–Crippen MR) is 98.2 cm³/mol. The topological polar surface area (TPSA) is 54.2 Å². The summed E-state index contributed by atoms with van der Waals surface area (Å²) in [5, 5.41) is 6.73. The summed E-state index contributed by atoms with van der Waals surface area (Å²) in [4.78, 5) is 9.15. The number of hydrogen-bond acceptors (Lipinski definition) is 2. The minimum atomic E-state index is 0.810. The van der Waals surface area contributed by atoms with Crippen molar-refractivity contribution < 1.29 is 0 Å². The van der Waals surface area contributed by atoms with Crippen LogP contribution < -0.4 is 10.6 Å². The number of aromatic nitrogens is 2. The van der Waals surface area contributed by atoms with Crippen molar-refractivity contribution in [1.82, 2.24) is 20.2 Å². The SMILES string of the molecule is CCNC(=NCC1CC1)NCCc1nccn1Cc1ccccc1. The van der Waals surface area contributed by atoms with Crippen LogP contribution in [0.2, 0.25) is 0 Å². The van der Waals surface area contributed by atoms with Gasteiger partial charge >= 0.3 is 0 Å². The van der Waals surface area contributed by atoms with Gasteiger partial charge in [0.05, 0.1) is 0 Å². The van der Waals surface area contributed by atoms with Crippen LogP contribution in [0.1, 0.15) is 31.2 Å². The molecule has 24 heavy (non-hydrogen) atoms. The van der Waals surface area contributed by atoms with Gasteiger partial charge in [-0.1, -0.05) is 30.3 Å². The molecule has 1 heterocycles. The average Bonchev–Trinajstić information content (AvgIpc) is 3.34. The number of guanidine groups is 1. The molecular formula is C19H27N5. The maximum atomic E-state index is 4.65. The molecule has 5 nitrogen and oxygen atoms in total. The third-order valence-electron chi connectivity index (χ3n) is 4.19. The number of nitrogens with zero attached hydrogens (tertiary/aromatic N) is 3. The number of hydrogen-bond donors (Lipinski definition) is 2. The van der Waals surface area contributed by atoms with E-state index in [4.69, 9.17) is 0 Å². The second kappa shape index (κ2) is 8.52. The van der Waals surface area contributed by atoms with Crippen molar-refractivity contribution >= 4 is 5.96 Å². The molecule has 1 aliphatic carbocycles. The second-order valence-corrected chi connectivity index (χ2v) is 6.30. The molecule has 0 bridgehead atoms. The lowest BCUT2D eigenvalue weighted by Crippen LogP contribution is -2.38. The largest absolute Gasteiger partial charge is 0.357 e. The maximum Gasteiger partial charge on any atom is 0.191 e. The quantitative estimate of drug-likeness (QED) is 0.579. The van der Waals surface area contributed by atoms with E-state index >= 15 is 0 Å². The van der Waals surface area contributed by atoms with Crippen molar-refractivity contribution in [3.05, 3.63) is 54.1 Å². The fraction of sp³-hybridized carbons (Fsp3) is 0.474. The zero-order valence-electron chi connectivity index (χ0n) is 14.4. The van der Waals surface area contributed by atoms with Gasteiger partial charge in [0.2, 0.25) is 0 Å². The van der Waals surface area contributed by atoms with E-state index in [0.29, 0.717) is 0 Å². The van der Waals surface area contributed by atoms with Gasteiger partial charge in [0.25, 0.3) is 0 Å². The van der Waals surface area contributed by atoms with E-state index in [1.54, 1.807) is 0 Å². The average molecular weight is 325 g/mol. The molecule has 5 heteroatoms. The van der Waals surface area contributed by atoms with E-state index < -0.39 is 0 Å². The van der Waals surface area contributed by atoms with E-state index in [1.807, 2.05) is 12.3 Å². The van der Waals surface area contributed by atoms with Gasteiger partial charge in [-0.15, -0.1) is 0 Å². The highest BCUT2D eigenvalue weighted by Gasteiger charge is 2.20. The highest BCUT2D eigenvalue weighted by molar-refractivity contribution is 5.79. The minimum absolute atomic E-state index is 0.810. The Morgan fingerprint density at radius 2 is 2.08 bits per heavy atom. The molecule has 0 saturated heterocycles. The highest BCUT2D eigenvalue weighted by atomic mass is 15.2. The number of imidazole rings is 1. The minimum Gasteiger partial charge on any atom is -0.357 e. The van der Waals surface area contributed by atoms with Crippen LogP contribution in [0.5, 0.6) is 0 Å². The van der Waals surface area contributed by atoms with Gasteiger partial charge < -0.3 is 15.2 Å². The summed E-state index contributed by atoms with van der Waals surface area (Å²) >= 11 is 0. The molecule has 0 atom stereocenters. The Hall–Kier alpha value is -2.30. The number of benzene rings is 1. The zero-order valence-corrected chi connectivity index (χ0v) is 14.4. The highest BCUT2D eigenvalue weighted by Crippen LogP contribution is 2.28. The van der Waals surface area contributed by atoms with Crippen molar-refractivity contribution in [3.8, 4) is 0 Å². The fourth-order valence-corrected chi connectivity index (χ4v) is 2.65. The van der Waals surface area contributed by atoms with Crippen molar-refractivity contribution in [2.45, 2.75) is 32.7 Å². The van der Waals surface area contributed by atoms with E-state index in [2.05, 4.69) is 62.6 Å². The van der Waals surface area contributed by atoms with E-state index in [1.165, 1.54) is 18.4 Å². The monoisotopic (exact) mass is 325 g/mol. The third-order valence-corrected chi connectivity index (χ3v) is 4.19. The Morgan fingerprint density at radius 1 is 1.25 bits per heavy atom. The second-order valence-electron chi connectivity index (χ2n) is 6.30. The van der Waals surface area contributed by atoms with Crippen molar-refractivity contribution in [1.29, 1.82) is 0 Å². The molecule has 2 aromatic rings. The summed E-state index contributed by atoms with van der Waals surface area (Å²) in [6.07, 6.45) is 7.48. The summed E-state index contributed by atoms with van der Waals surface area (Å²) in [5.41, 5.74) is 1.30. The molecule has 1 saturated carbocycles. The lowest BCUT2D eigenvalue weighted by molar-refractivity contribution is 0.693. The fourth-order valence-electron chi connectivity index (χ4n) is 2.65. The Bertz CT molecular complexity index is 643. The first-order valence-electron chi connectivity index (χ1n) is 8.91. The smallest absolute Gasteiger partial charge is 0.191 e. The van der Waals surface area contributed by atoms with Gasteiger partial charge in [0.15, 0.2) is 5.96 Å². The molecule has 1 aliphatic rings. The first-order valence-corrected chi connectivity index (χ1v) is 8.91. The summed E-state index contributed by atoms with van der Waals surface area (Å²) in [6.45, 7) is 5.63. The molecular weight excluding hydrogens is 298 g/mol. The van der Waals surface area contributed by atoms with Gasteiger partial charge in [-0.05, 0) is 31.2 Å². The van der Waals surface area contributed by atoms with Crippen LogP contribution in [0.15, 0.2) is 47.7 Å². The molecule has 1 aromatic carbocycles. The van der Waals surface area contributed by atoms with Crippen molar-refractivity contribution in [2.24, 2.45) is 10.9 Å². The van der Waals surface area contributed by atoms with E-state index in [9.17, 15) is 0 Å². The Balaban J connectivity index is 1.50. The third kappa shape index (κ3) is 5.11. The van der Waals surface area contributed by atoms with Crippen LogP contribution in [-0.4, -0.2) is 35.1 Å². The molecule has 128 valence electrons. The van der Waals surface area contributed by atoms with Crippen molar-refractivity contribution in [2.75, 3.05) is 19.6 Å². The number of rotatable bonds is 8. The van der Waals surface area contributed by atoms with E-state index in [-0.39, 0.29) is 0 Å². The van der Waals surface area contributed by atoms with E-state index in [0.717, 1.165) is 50.3 Å². The van der Waals surface area contributed by atoms with Crippen LogP contribution in [0, 0.1) is 5.92 Å². The predicted octanol–water partition coefficient (Wildman–Crippen LogP) is 2.44. The number of nitrogens with one attached hydrogen (secondary N) is 2. The normalized spacial score (nSPS) is 14.6. The van der Waals surface area contributed by atoms with Gasteiger partial charge in [-0.3, -0.25) is 4.99 Å². The molecule has 0 amide bonds. The number of aliphatic imine (C=N–C) groups is 1. The van der Waals surface area contributed by atoms with Gasteiger partial charge in [0, 0.05) is 45.0 Å². The van der Waals surface area contributed by atoms with Crippen LogP contribution in [0.4, 0.5) is 0 Å². The Kier molecular flexibility index (Phi) is 5.88. The summed E-state index contributed by atoms with van der Waals surface area (Å²) in [5.74, 6) is 2.83. The summed E-state index contributed by atoms with van der Waals surface area (Å²) in [6, 6.07) is 10.5. The summed E-state index contributed by atoms with van der Waals surface area (Å²) in [7, 11) is 0. The summed E-state index contributed by atoms with van der Waals surface area (Å²) < 4.78 is 2.21. The lowest BCUT2D eigenvalue weighted by Gasteiger charge is -2.12. The molecule has 0 spiro atoms. The molecule has 1 aromatic heterocycles. The molecule has 0 unspecified atom stereocenters. The first-order chi connectivity index (χ1) is 11.8. The van der Waals surface area contributed by atoms with Crippen LogP contribution in [0.3, 0.4) is 0 Å². The molecule has 2 N–H and O–H groups in total. The molecule has 0 radical (unpaired) electrons. The van der Waals surface area contributed by atoms with Gasteiger partial charge in [-0.25, -0.2) is 4.98 Å². The maximum absolute atomic E-state index is 4.65. The molecule has 0 aliphatic heterocycles. The van der Waals surface area contributed by atoms with Gasteiger partial charge in [0.1, 0.15) is 5.82 Å². The Labute approximate surface area is 144 Å². The van der Waals surface area contributed by atoms with Crippen LogP contribution in [-0.2, 0) is 13.0 Å².